The lowest BCUT2D eigenvalue weighted by atomic mass is 9.86. The van der Waals surface area contributed by atoms with Crippen molar-refractivity contribution in [3.05, 3.63) is 0 Å². The van der Waals surface area contributed by atoms with Crippen molar-refractivity contribution in [1.29, 1.82) is 0 Å². The van der Waals surface area contributed by atoms with Gasteiger partial charge in [-0.3, -0.25) is 4.90 Å². The van der Waals surface area contributed by atoms with Crippen molar-refractivity contribution < 1.29 is 0 Å². The SMILES string of the molecule is CCC1CCCCN1C1CNCCC1CN1CCCCC1. The first-order chi connectivity index (χ1) is 10.4. The van der Waals surface area contributed by atoms with E-state index < -0.39 is 0 Å². The molecule has 0 amide bonds. The van der Waals surface area contributed by atoms with Crippen LogP contribution in [0.3, 0.4) is 0 Å². The van der Waals surface area contributed by atoms with Crippen LogP contribution in [0.2, 0.25) is 0 Å². The molecule has 0 aliphatic carbocycles. The Morgan fingerprint density at radius 1 is 0.952 bits per heavy atom. The fraction of sp³-hybridized carbons (Fsp3) is 1.00. The van der Waals surface area contributed by atoms with Gasteiger partial charge in [-0.05, 0) is 70.6 Å². The van der Waals surface area contributed by atoms with Gasteiger partial charge in [-0.1, -0.05) is 19.8 Å². The fourth-order valence-electron chi connectivity index (χ4n) is 4.87. The smallest absolute Gasteiger partial charge is 0.0264 e. The van der Waals surface area contributed by atoms with E-state index in [9.17, 15) is 0 Å². The normalized spacial score (nSPS) is 36.7. The quantitative estimate of drug-likeness (QED) is 0.860. The number of likely N-dealkylation sites (tertiary alicyclic amines) is 2. The molecule has 0 aromatic carbocycles. The van der Waals surface area contributed by atoms with Gasteiger partial charge in [-0.25, -0.2) is 0 Å². The first kappa shape index (κ1) is 15.8. The lowest BCUT2D eigenvalue weighted by molar-refractivity contribution is 0.0287. The van der Waals surface area contributed by atoms with Crippen LogP contribution >= 0.6 is 0 Å². The number of nitrogens with one attached hydrogen (secondary N) is 1. The Morgan fingerprint density at radius 2 is 1.76 bits per heavy atom. The maximum atomic E-state index is 3.68. The molecule has 0 spiro atoms. The van der Waals surface area contributed by atoms with Crippen molar-refractivity contribution in [2.24, 2.45) is 5.92 Å². The summed E-state index contributed by atoms with van der Waals surface area (Å²) in [6, 6.07) is 1.65. The molecular weight excluding hydrogens is 258 g/mol. The minimum Gasteiger partial charge on any atom is -0.315 e. The molecule has 122 valence electrons. The van der Waals surface area contributed by atoms with Gasteiger partial charge in [0, 0.05) is 25.2 Å². The molecule has 3 aliphatic rings. The third-order valence-corrected chi connectivity index (χ3v) is 6.10. The highest BCUT2D eigenvalue weighted by Crippen LogP contribution is 2.28. The Hall–Kier alpha value is -0.120. The maximum Gasteiger partial charge on any atom is 0.0264 e. The Kier molecular flexibility index (Phi) is 5.96. The minimum atomic E-state index is 0.797. The zero-order valence-electron chi connectivity index (χ0n) is 14.0. The molecule has 3 aliphatic heterocycles. The van der Waals surface area contributed by atoms with Crippen molar-refractivity contribution in [3.63, 3.8) is 0 Å². The van der Waals surface area contributed by atoms with E-state index in [-0.39, 0.29) is 0 Å². The largest absolute Gasteiger partial charge is 0.315 e. The van der Waals surface area contributed by atoms with Crippen molar-refractivity contribution in [2.75, 3.05) is 39.3 Å². The van der Waals surface area contributed by atoms with Crippen molar-refractivity contribution in [1.82, 2.24) is 15.1 Å². The van der Waals surface area contributed by atoms with E-state index >= 15 is 0 Å². The zero-order valence-corrected chi connectivity index (χ0v) is 14.0. The van der Waals surface area contributed by atoms with Gasteiger partial charge < -0.3 is 10.2 Å². The van der Waals surface area contributed by atoms with E-state index in [0.717, 1.165) is 18.0 Å². The van der Waals surface area contributed by atoms with Gasteiger partial charge in [0.15, 0.2) is 0 Å². The molecule has 1 N–H and O–H groups in total. The van der Waals surface area contributed by atoms with Crippen molar-refractivity contribution >= 4 is 0 Å². The highest BCUT2D eigenvalue weighted by Gasteiger charge is 2.35. The number of nitrogens with zero attached hydrogens (tertiary/aromatic N) is 2. The van der Waals surface area contributed by atoms with E-state index in [2.05, 4.69) is 22.0 Å². The molecule has 3 unspecified atom stereocenters. The molecule has 0 aromatic heterocycles. The van der Waals surface area contributed by atoms with Crippen LogP contribution in [0.4, 0.5) is 0 Å². The summed E-state index contributed by atoms with van der Waals surface area (Å²) in [7, 11) is 0. The molecule has 0 bridgehead atoms. The summed E-state index contributed by atoms with van der Waals surface area (Å²) in [4.78, 5) is 5.65. The average molecular weight is 293 g/mol. The van der Waals surface area contributed by atoms with E-state index in [0.29, 0.717) is 0 Å². The van der Waals surface area contributed by atoms with Crippen LogP contribution in [0.25, 0.3) is 0 Å². The van der Waals surface area contributed by atoms with Crippen LogP contribution in [0.5, 0.6) is 0 Å². The van der Waals surface area contributed by atoms with Gasteiger partial charge in [-0.15, -0.1) is 0 Å². The molecule has 3 saturated heterocycles. The van der Waals surface area contributed by atoms with E-state index in [1.165, 1.54) is 90.6 Å². The number of piperidine rings is 3. The van der Waals surface area contributed by atoms with Gasteiger partial charge in [-0.2, -0.15) is 0 Å². The Labute approximate surface area is 131 Å². The van der Waals surface area contributed by atoms with Gasteiger partial charge in [0.2, 0.25) is 0 Å². The lowest BCUT2D eigenvalue weighted by Gasteiger charge is -2.47. The molecular formula is C18H35N3. The first-order valence-corrected chi connectivity index (χ1v) is 9.57. The summed E-state index contributed by atoms with van der Waals surface area (Å²) >= 11 is 0. The molecule has 3 rings (SSSR count). The maximum absolute atomic E-state index is 3.68. The standard InChI is InChI=1S/C18H35N3/c1-2-17-8-4-7-13-21(17)18-14-19-10-9-16(18)15-20-11-5-3-6-12-20/h16-19H,2-15H2,1H3. The Balaban J connectivity index is 1.62. The highest BCUT2D eigenvalue weighted by molar-refractivity contribution is 4.92. The van der Waals surface area contributed by atoms with Crippen LogP contribution in [-0.4, -0.2) is 61.2 Å². The predicted molar refractivity (Wildman–Crippen MR) is 89.7 cm³/mol. The summed E-state index contributed by atoms with van der Waals surface area (Å²) in [5.41, 5.74) is 0. The Morgan fingerprint density at radius 3 is 2.57 bits per heavy atom. The molecule has 3 heteroatoms. The van der Waals surface area contributed by atoms with Crippen LogP contribution in [0, 0.1) is 5.92 Å². The van der Waals surface area contributed by atoms with Gasteiger partial charge in [0.05, 0.1) is 0 Å². The zero-order chi connectivity index (χ0) is 14.5. The summed E-state index contributed by atoms with van der Waals surface area (Å²) in [5, 5.41) is 3.68. The van der Waals surface area contributed by atoms with Crippen LogP contribution < -0.4 is 5.32 Å². The molecule has 0 aromatic rings. The van der Waals surface area contributed by atoms with Crippen LogP contribution in [0.15, 0.2) is 0 Å². The second-order valence-electron chi connectivity index (χ2n) is 7.48. The molecule has 3 heterocycles. The summed E-state index contributed by atoms with van der Waals surface area (Å²) in [6.07, 6.45) is 11.3. The fourth-order valence-corrected chi connectivity index (χ4v) is 4.87. The van der Waals surface area contributed by atoms with Crippen LogP contribution in [-0.2, 0) is 0 Å². The van der Waals surface area contributed by atoms with E-state index in [1.54, 1.807) is 0 Å². The third-order valence-electron chi connectivity index (χ3n) is 6.10. The summed E-state index contributed by atoms with van der Waals surface area (Å²) < 4.78 is 0. The molecule has 3 fully saturated rings. The van der Waals surface area contributed by atoms with E-state index in [4.69, 9.17) is 0 Å². The monoisotopic (exact) mass is 293 g/mol. The topological polar surface area (TPSA) is 18.5 Å². The number of rotatable bonds is 4. The molecule has 3 nitrogen and oxygen atoms in total. The van der Waals surface area contributed by atoms with Crippen molar-refractivity contribution in [2.45, 2.75) is 70.4 Å². The molecule has 21 heavy (non-hydrogen) atoms. The lowest BCUT2D eigenvalue weighted by Crippen LogP contribution is -2.58. The molecule has 3 atom stereocenters. The molecule has 0 saturated carbocycles. The van der Waals surface area contributed by atoms with Crippen LogP contribution in [0.1, 0.15) is 58.3 Å². The highest BCUT2D eigenvalue weighted by atomic mass is 15.2. The third kappa shape index (κ3) is 4.00. The second kappa shape index (κ2) is 7.94. The second-order valence-corrected chi connectivity index (χ2v) is 7.48. The first-order valence-electron chi connectivity index (χ1n) is 9.57. The predicted octanol–water partition coefficient (Wildman–Crippen LogP) is 2.71. The molecule has 0 radical (unpaired) electrons. The minimum absolute atomic E-state index is 0.797. The Bertz CT molecular complexity index is 301. The summed E-state index contributed by atoms with van der Waals surface area (Å²) in [6.45, 7) is 10.3. The average Bonchev–Trinajstić information content (AvgIpc) is 2.56. The number of hydrogen-bond acceptors (Lipinski definition) is 3. The van der Waals surface area contributed by atoms with Gasteiger partial charge in [0.1, 0.15) is 0 Å². The summed E-state index contributed by atoms with van der Waals surface area (Å²) in [5.74, 6) is 0.900. The van der Waals surface area contributed by atoms with Gasteiger partial charge in [0.25, 0.3) is 0 Å². The van der Waals surface area contributed by atoms with Crippen molar-refractivity contribution in [3.8, 4) is 0 Å². The van der Waals surface area contributed by atoms with Gasteiger partial charge >= 0.3 is 0 Å². The van der Waals surface area contributed by atoms with E-state index in [1.807, 2.05) is 0 Å². The number of hydrogen-bond donors (Lipinski definition) is 1.